The summed E-state index contributed by atoms with van der Waals surface area (Å²) in [6, 6.07) is 3.49. The highest BCUT2D eigenvalue weighted by molar-refractivity contribution is 5.21. The van der Waals surface area contributed by atoms with Crippen molar-refractivity contribution in [3.05, 3.63) is 35.4 Å². The van der Waals surface area contributed by atoms with Gasteiger partial charge in [0.05, 0.1) is 13.2 Å². The molecule has 2 rings (SSSR count). The topological polar surface area (TPSA) is 35.2 Å². The molecule has 82 valence electrons. The lowest BCUT2D eigenvalue weighted by atomic mass is 9.80. The molecular weight excluding hydrogens is 200 g/mol. The molecule has 0 atom stereocenters. The third-order valence-electron chi connectivity index (χ3n) is 2.82. The molecule has 0 spiro atoms. The molecule has 4 heteroatoms. The Labute approximate surface area is 87.0 Å². The number of hydrogen-bond donors (Lipinski definition) is 1. The number of halogens is 2. The molecule has 1 aromatic rings. The van der Waals surface area contributed by atoms with Crippen molar-refractivity contribution < 1.29 is 13.5 Å². The van der Waals surface area contributed by atoms with Crippen molar-refractivity contribution in [1.29, 1.82) is 0 Å². The van der Waals surface area contributed by atoms with Crippen LogP contribution >= 0.6 is 0 Å². The fourth-order valence-corrected chi connectivity index (χ4v) is 1.77. The monoisotopic (exact) mass is 213 g/mol. The van der Waals surface area contributed by atoms with E-state index in [2.05, 4.69) is 0 Å². The lowest BCUT2D eigenvalue weighted by Crippen LogP contribution is -2.49. The van der Waals surface area contributed by atoms with Gasteiger partial charge in [0, 0.05) is 12.0 Å². The molecule has 1 aliphatic rings. The van der Waals surface area contributed by atoms with Gasteiger partial charge in [0.25, 0.3) is 0 Å². The van der Waals surface area contributed by atoms with E-state index in [1.54, 1.807) is 0 Å². The summed E-state index contributed by atoms with van der Waals surface area (Å²) in [6.07, 6.45) is 0.438. The molecule has 0 aromatic heterocycles. The SMILES string of the molecule is NCC1(Cc2cc(F)ccc2F)COC1. The van der Waals surface area contributed by atoms with E-state index < -0.39 is 5.82 Å². The lowest BCUT2D eigenvalue weighted by molar-refractivity contribution is -0.106. The van der Waals surface area contributed by atoms with E-state index in [1.165, 1.54) is 6.07 Å². The van der Waals surface area contributed by atoms with Gasteiger partial charge >= 0.3 is 0 Å². The molecule has 1 heterocycles. The van der Waals surface area contributed by atoms with Crippen molar-refractivity contribution in [2.75, 3.05) is 19.8 Å². The van der Waals surface area contributed by atoms with Crippen LogP contribution in [0, 0.1) is 17.0 Å². The van der Waals surface area contributed by atoms with Crippen molar-refractivity contribution in [2.45, 2.75) is 6.42 Å². The second-order valence-electron chi connectivity index (χ2n) is 4.11. The highest BCUT2D eigenvalue weighted by Gasteiger charge is 2.37. The first-order valence-corrected chi connectivity index (χ1v) is 4.87. The zero-order chi connectivity index (χ0) is 10.9. The maximum absolute atomic E-state index is 13.3. The number of benzene rings is 1. The van der Waals surface area contributed by atoms with Crippen LogP contribution in [0.5, 0.6) is 0 Å². The lowest BCUT2D eigenvalue weighted by Gasteiger charge is -2.40. The molecule has 0 aliphatic carbocycles. The van der Waals surface area contributed by atoms with E-state index in [1.807, 2.05) is 0 Å². The third kappa shape index (κ3) is 2.01. The summed E-state index contributed by atoms with van der Waals surface area (Å²) in [6.45, 7) is 1.49. The summed E-state index contributed by atoms with van der Waals surface area (Å²) in [5, 5.41) is 0. The molecule has 0 unspecified atom stereocenters. The van der Waals surface area contributed by atoms with Gasteiger partial charge in [-0.1, -0.05) is 0 Å². The quantitative estimate of drug-likeness (QED) is 0.825. The van der Waals surface area contributed by atoms with Crippen LogP contribution in [-0.2, 0) is 11.2 Å². The summed E-state index contributed by atoms with van der Waals surface area (Å²) in [5.74, 6) is -0.796. The number of hydrogen-bond acceptors (Lipinski definition) is 2. The Bertz CT molecular complexity index is 358. The van der Waals surface area contributed by atoms with Gasteiger partial charge in [0.2, 0.25) is 0 Å². The largest absolute Gasteiger partial charge is 0.380 e. The molecule has 1 aliphatic heterocycles. The van der Waals surface area contributed by atoms with Crippen molar-refractivity contribution in [3.8, 4) is 0 Å². The zero-order valence-electron chi connectivity index (χ0n) is 8.30. The molecule has 1 aromatic carbocycles. The average molecular weight is 213 g/mol. The minimum absolute atomic E-state index is 0.200. The minimum atomic E-state index is -0.418. The van der Waals surface area contributed by atoms with Crippen molar-refractivity contribution in [1.82, 2.24) is 0 Å². The summed E-state index contributed by atoms with van der Waals surface area (Å²) < 4.78 is 31.3. The van der Waals surface area contributed by atoms with E-state index in [4.69, 9.17) is 10.5 Å². The Morgan fingerprint density at radius 1 is 1.33 bits per heavy atom. The molecule has 0 radical (unpaired) electrons. The molecule has 0 saturated carbocycles. The number of nitrogens with two attached hydrogens (primary N) is 1. The molecule has 1 saturated heterocycles. The van der Waals surface area contributed by atoms with Gasteiger partial charge in [-0.3, -0.25) is 0 Å². The summed E-state index contributed by atoms with van der Waals surface area (Å²) >= 11 is 0. The molecular formula is C11H13F2NO. The normalized spacial score (nSPS) is 18.6. The first-order chi connectivity index (χ1) is 7.15. The van der Waals surface area contributed by atoms with Crippen LogP contribution in [0.2, 0.25) is 0 Å². The molecule has 2 N–H and O–H groups in total. The van der Waals surface area contributed by atoms with Gasteiger partial charge in [-0.15, -0.1) is 0 Å². The van der Waals surface area contributed by atoms with Gasteiger partial charge < -0.3 is 10.5 Å². The van der Waals surface area contributed by atoms with Gasteiger partial charge in [-0.05, 0) is 30.2 Å². The van der Waals surface area contributed by atoms with Crippen molar-refractivity contribution in [2.24, 2.45) is 11.1 Å². The van der Waals surface area contributed by atoms with Crippen LogP contribution in [0.25, 0.3) is 0 Å². The van der Waals surface area contributed by atoms with Crippen molar-refractivity contribution in [3.63, 3.8) is 0 Å². The van der Waals surface area contributed by atoms with E-state index in [0.717, 1.165) is 12.1 Å². The molecule has 0 amide bonds. The van der Waals surface area contributed by atoms with Crippen LogP contribution in [0.1, 0.15) is 5.56 Å². The van der Waals surface area contributed by atoms with Crippen molar-refractivity contribution >= 4 is 0 Å². The molecule has 1 fully saturated rings. The van der Waals surface area contributed by atoms with E-state index in [-0.39, 0.29) is 11.2 Å². The van der Waals surface area contributed by atoms with E-state index >= 15 is 0 Å². The highest BCUT2D eigenvalue weighted by Crippen LogP contribution is 2.31. The molecule has 0 bridgehead atoms. The van der Waals surface area contributed by atoms with E-state index in [9.17, 15) is 8.78 Å². The van der Waals surface area contributed by atoms with Crippen LogP contribution in [0.4, 0.5) is 8.78 Å². The van der Waals surface area contributed by atoms with Gasteiger partial charge in [-0.25, -0.2) is 8.78 Å². The van der Waals surface area contributed by atoms with Gasteiger partial charge in [-0.2, -0.15) is 0 Å². The van der Waals surface area contributed by atoms with E-state index in [0.29, 0.717) is 31.7 Å². The molecule has 15 heavy (non-hydrogen) atoms. The first kappa shape index (κ1) is 10.5. The number of ether oxygens (including phenoxy) is 1. The fourth-order valence-electron chi connectivity index (χ4n) is 1.77. The Morgan fingerprint density at radius 3 is 2.60 bits per heavy atom. The second-order valence-corrected chi connectivity index (χ2v) is 4.11. The zero-order valence-corrected chi connectivity index (χ0v) is 8.30. The fraction of sp³-hybridized carbons (Fsp3) is 0.455. The minimum Gasteiger partial charge on any atom is -0.380 e. The first-order valence-electron chi connectivity index (χ1n) is 4.87. The Hall–Kier alpha value is -1.00. The Balaban J connectivity index is 2.19. The van der Waals surface area contributed by atoms with Crippen LogP contribution in [-0.4, -0.2) is 19.8 Å². The highest BCUT2D eigenvalue weighted by atomic mass is 19.1. The Morgan fingerprint density at radius 2 is 2.07 bits per heavy atom. The third-order valence-corrected chi connectivity index (χ3v) is 2.82. The second kappa shape index (κ2) is 3.87. The van der Waals surface area contributed by atoms with Gasteiger partial charge in [0.15, 0.2) is 0 Å². The average Bonchev–Trinajstić information content (AvgIpc) is 2.17. The van der Waals surface area contributed by atoms with Gasteiger partial charge in [0.1, 0.15) is 11.6 Å². The smallest absolute Gasteiger partial charge is 0.126 e. The summed E-state index contributed by atoms with van der Waals surface area (Å²) in [5.41, 5.74) is 5.79. The predicted molar refractivity (Wildman–Crippen MR) is 52.4 cm³/mol. The molecule has 2 nitrogen and oxygen atoms in total. The summed E-state index contributed by atoms with van der Waals surface area (Å²) in [4.78, 5) is 0. The van der Waals surface area contributed by atoms with Crippen LogP contribution < -0.4 is 5.73 Å². The summed E-state index contributed by atoms with van der Waals surface area (Å²) in [7, 11) is 0. The predicted octanol–water partition coefficient (Wildman–Crippen LogP) is 1.48. The number of rotatable bonds is 3. The maximum atomic E-state index is 13.3. The van der Waals surface area contributed by atoms with Crippen LogP contribution in [0.3, 0.4) is 0 Å². The standard InChI is InChI=1S/C11H13F2NO/c12-9-1-2-10(13)8(3-9)4-11(5-14)6-15-7-11/h1-3H,4-7,14H2. The Kier molecular flexibility index (Phi) is 2.71. The maximum Gasteiger partial charge on any atom is 0.126 e. The van der Waals surface area contributed by atoms with Crippen LogP contribution in [0.15, 0.2) is 18.2 Å².